The van der Waals surface area contributed by atoms with Crippen molar-refractivity contribution in [3.05, 3.63) is 17.3 Å². The highest BCUT2D eigenvalue weighted by Crippen LogP contribution is 2.51. The van der Waals surface area contributed by atoms with Gasteiger partial charge in [0.05, 0.1) is 5.02 Å². The van der Waals surface area contributed by atoms with Gasteiger partial charge in [0.25, 0.3) is 0 Å². The Hall–Kier alpha value is -1.29. The normalized spacial score (nSPS) is 30.4. The Morgan fingerprint density at radius 3 is 2.94 bits per heavy atom. The SMILES string of the molecule is Nc1nc2cc(Cl)cnc2n1C1CC2CCC1C2. The van der Waals surface area contributed by atoms with Crippen LogP contribution in [0.4, 0.5) is 5.95 Å². The van der Waals surface area contributed by atoms with E-state index < -0.39 is 0 Å². The minimum atomic E-state index is 0.488. The lowest BCUT2D eigenvalue weighted by atomic mass is 9.95. The van der Waals surface area contributed by atoms with E-state index >= 15 is 0 Å². The zero-order valence-electron chi connectivity index (χ0n) is 10.0. The Bertz CT molecular complexity index is 621. The van der Waals surface area contributed by atoms with Crippen LogP contribution in [0.2, 0.25) is 5.02 Å². The summed E-state index contributed by atoms with van der Waals surface area (Å²) in [7, 11) is 0. The summed E-state index contributed by atoms with van der Waals surface area (Å²) in [5.74, 6) is 2.22. The number of aromatic nitrogens is 3. The second-order valence-corrected chi connectivity index (χ2v) is 6.01. The molecule has 2 aromatic rings. The van der Waals surface area contributed by atoms with Gasteiger partial charge in [0, 0.05) is 12.2 Å². The van der Waals surface area contributed by atoms with Gasteiger partial charge in [0.2, 0.25) is 5.95 Å². The highest BCUT2D eigenvalue weighted by Gasteiger charge is 2.41. The molecule has 2 fully saturated rings. The Kier molecular flexibility index (Phi) is 2.13. The van der Waals surface area contributed by atoms with Gasteiger partial charge in [-0.05, 0) is 37.2 Å². The molecule has 0 saturated heterocycles. The summed E-state index contributed by atoms with van der Waals surface area (Å²) in [5, 5.41) is 0.611. The summed E-state index contributed by atoms with van der Waals surface area (Å²) in [4.78, 5) is 8.81. The average Bonchev–Trinajstić information content (AvgIpc) is 3.00. The quantitative estimate of drug-likeness (QED) is 0.859. The first kappa shape index (κ1) is 10.6. The Morgan fingerprint density at radius 1 is 1.33 bits per heavy atom. The van der Waals surface area contributed by atoms with E-state index in [0.29, 0.717) is 17.0 Å². The molecule has 2 aliphatic rings. The molecule has 0 aliphatic heterocycles. The summed E-state index contributed by atoms with van der Waals surface area (Å²) in [6.07, 6.45) is 6.95. The summed E-state index contributed by atoms with van der Waals surface area (Å²) >= 11 is 5.95. The van der Waals surface area contributed by atoms with Crippen LogP contribution < -0.4 is 5.73 Å². The van der Waals surface area contributed by atoms with Crippen LogP contribution in [-0.2, 0) is 0 Å². The lowest BCUT2D eigenvalue weighted by Gasteiger charge is -2.24. The van der Waals surface area contributed by atoms with Crippen LogP contribution in [0.3, 0.4) is 0 Å². The first-order chi connectivity index (χ1) is 8.72. The smallest absolute Gasteiger partial charge is 0.202 e. The van der Waals surface area contributed by atoms with Crippen molar-refractivity contribution in [3.8, 4) is 0 Å². The molecule has 4 rings (SSSR count). The maximum absolute atomic E-state index is 6.08. The van der Waals surface area contributed by atoms with E-state index in [1.54, 1.807) is 6.20 Å². The van der Waals surface area contributed by atoms with Crippen molar-refractivity contribution in [3.63, 3.8) is 0 Å². The van der Waals surface area contributed by atoms with Gasteiger partial charge in [0.15, 0.2) is 5.65 Å². The van der Waals surface area contributed by atoms with Gasteiger partial charge in [-0.15, -0.1) is 0 Å². The summed E-state index contributed by atoms with van der Waals surface area (Å²) < 4.78 is 2.13. The summed E-state index contributed by atoms with van der Waals surface area (Å²) in [5.41, 5.74) is 7.78. The van der Waals surface area contributed by atoms with Crippen molar-refractivity contribution in [2.24, 2.45) is 11.8 Å². The summed E-state index contributed by atoms with van der Waals surface area (Å²) in [6.45, 7) is 0. The molecule has 0 radical (unpaired) electrons. The van der Waals surface area contributed by atoms with Crippen LogP contribution in [0.15, 0.2) is 12.3 Å². The molecule has 2 heterocycles. The maximum Gasteiger partial charge on any atom is 0.202 e. The fourth-order valence-electron chi connectivity index (χ4n) is 3.83. The van der Waals surface area contributed by atoms with Gasteiger partial charge in [0.1, 0.15) is 5.52 Å². The third-order valence-electron chi connectivity index (χ3n) is 4.56. The van der Waals surface area contributed by atoms with Crippen LogP contribution in [0.1, 0.15) is 31.7 Å². The number of rotatable bonds is 1. The van der Waals surface area contributed by atoms with Crippen LogP contribution in [0.5, 0.6) is 0 Å². The fraction of sp³-hybridized carbons (Fsp3) is 0.538. The number of anilines is 1. The Labute approximate surface area is 110 Å². The molecule has 3 atom stereocenters. The first-order valence-corrected chi connectivity index (χ1v) is 6.89. The van der Waals surface area contributed by atoms with Crippen molar-refractivity contribution in [1.82, 2.24) is 14.5 Å². The molecule has 2 bridgehead atoms. The third kappa shape index (κ3) is 1.38. The minimum Gasteiger partial charge on any atom is -0.369 e. The van der Waals surface area contributed by atoms with E-state index in [9.17, 15) is 0 Å². The molecule has 2 aromatic heterocycles. The van der Waals surface area contributed by atoms with Crippen molar-refractivity contribution >= 4 is 28.7 Å². The minimum absolute atomic E-state index is 0.488. The van der Waals surface area contributed by atoms with E-state index in [-0.39, 0.29) is 0 Å². The third-order valence-corrected chi connectivity index (χ3v) is 4.76. The van der Waals surface area contributed by atoms with E-state index in [4.69, 9.17) is 17.3 Å². The monoisotopic (exact) mass is 262 g/mol. The molecule has 2 aliphatic carbocycles. The van der Waals surface area contributed by atoms with Crippen LogP contribution in [0.25, 0.3) is 11.2 Å². The molecule has 0 amide bonds. The Morgan fingerprint density at radius 2 is 2.22 bits per heavy atom. The maximum atomic E-state index is 6.08. The number of nitrogen functional groups attached to an aromatic ring is 1. The standard InChI is InChI=1S/C13H15ClN4/c14-9-5-10-12(16-6-9)18(13(15)17-10)11-4-7-1-2-8(11)3-7/h5-8,11H,1-4H2,(H2,15,17). The van der Waals surface area contributed by atoms with Crippen LogP contribution in [-0.4, -0.2) is 14.5 Å². The van der Waals surface area contributed by atoms with Crippen molar-refractivity contribution in [1.29, 1.82) is 0 Å². The van der Waals surface area contributed by atoms with Gasteiger partial charge < -0.3 is 5.73 Å². The molecular formula is C13H15ClN4. The number of halogens is 1. The van der Waals surface area contributed by atoms with Crippen LogP contribution >= 0.6 is 11.6 Å². The van der Waals surface area contributed by atoms with Gasteiger partial charge in [-0.3, -0.25) is 4.57 Å². The molecule has 5 heteroatoms. The summed E-state index contributed by atoms with van der Waals surface area (Å²) in [6, 6.07) is 2.33. The molecular weight excluding hydrogens is 248 g/mol. The molecule has 18 heavy (non-hydrogen) atoms. The molecule has 0 spiro atoms. The van der Waals surface area contributed by atoms with Gasteiger partial charge in [-0.1, -0.05) is 18.0 Å². The number of nitrogens with zero attached hydrogens (tertiary/aromatic N) is 3. The second kappa shape index (κ2) is 3.60. The zero-order valence-corrected chi connectivity index (χ0v) is 10.8. The topological polar surface area (TPSA) is 56.7 Å². The molecule has 2 saturated carbocycles. The largest absolute Gasteiger partial charge is 0.369 e. The van der Waals surface area contributed by atoms with E-state index in [1.807, 2.05) is 6.07 Å². The molecule has 0 aromatic carbocycles. The predicted octanol–water partition coefficient (Wildman–Crippen LogP) is 3.03. The van der Waals surface area contributed by atoms with Gasteiger partial charge >= 0.3 is 0 Å². The van der Waals surface area contributed by atoms with Gasteiger partial charge in [-0.2, -0.15) is 0 Å². The fourth-order valence-corrected chi connectivity index (χ4v) is 3.98. The number of nitrogens with two attached hydrogens (primary N) is 1. The number of fused-ring (bicyclic) bond motifs is 3. The van der Waals surface area contributed by atoms with E-state index in [2.05, 4.69) is 14.5 Å². The number of hydrogen-bond donors (Lipinski definition) is 1. The van der Waals surface area contributed by atoms with Gasteiger partial charge in [-0.25, -0.2) is 9.97 Å². The van der Waals surface area contributed by atoms with E-state index in [0.717, 1.165) is 23.0 Å². The predicted molar refractivity (Wildman–Crippen MR) is 71.4 cm³/mol. The Balaban J connectivity index is 1.87. The van der Waals surface area contributed by atoms with Crippen LogP contribution in [0, 0.1) is 11.8 Å². The average molecular weight is 263 g/mol. The highest BCUT2D eigenvalue weighted by molar-refractivity contribution is 6.31. The number of pyridine rings is 1. The molecule has 2 N–H and O–H groups in total. The molecule has 4 nitrogen and oxygen atoms in total. The second-order valence-electron chi connectivity index (χ2n) is 5.58. The lowest BCUT2D eigenvalue weighted by molar-refractivity contribution is 0.338. The van der Waals surface area contributed by atoms with Crippen molar-refractivity contribution in [2.45, 2.75) is 31.7 Å². The first-order valence-electron chi connectivity index (χ1n) is 6.51. The van der Waals surface area contributed by atoms with E-state index in [1.165, 1.54) is 25.7 Å². The lowest BCUT2D eigenvalue weighted by Crippen LogP contribution is -2.18. The van der Waals surface area contributed by atoms with Crippen molar-refractivity contribution < 1.29 is 0 Å². The molecule has 3 unspecified atom stereocenters. The highest BCUT2D eigenvalue weighted by atomic mass is 35.5. The number of hydrogen-bond acceptors (Lipinski definition) is 3. The number of imidazole rings is 1. The molecule has 94 valence electrons. The van der Waals surface area contributed by atoms with Crippen molar-refractivity contribution in [2.75, 3.05) is 5.73 Å². The zero-order chi connectivity index (χ0) is 12.3.